The zero-order valence-corrected chi connectivity index (χ0v) is 13.8. The summed E-state index contributed by atoms with van der Waals surface area (Å²) >= 11 is 1.30. The van der Waals surface area contributed by atoms with E-state index in [0.29, 0.717) is 29.2 Å². The lowest BCUT2D eigenvalue weighted by molar-refractivity contribution is -0.137. The number of benzene rings is 1. The number of β-amino-alcohol motifs (C(OH)–C–C–N with tert-alkyl or cyclic N) is 1. The van der Waals surface area contributed by atoms with E-state index in [1.165, 1.54) is 23.5 Å². The first kappa shape index (κ1) is 17.8. The Morgan fingerprint density at radius 1 is 1.36 bits per heavy atom. The van der Waals surface area contributed by atoms with Gasteiger partial charge in [-0.3, -0.25) is 4.79 Å². The van der Waals surface area contributed by atoms with E-state index in [1.807, 2.05) is 0 Å². The van der Waals surface area contributed by atoms with Crippen molar-refractivity contribution in [2.24, 2.45) is 0 Å². The molecule has 0 saturated carbocycles. The number of aliphatic hydroxyl groups is 1. The molecule has 1 aromatic carbocycles. The summed E-state index contributed by atoms with van der Waals surface area (Å²) < 4.78 is 37.7. The fourth-order valence-electron chi connectivity index (χ4n) is 2.54. The largest absolute Gasteiger partial charge is 0.416 e. The van der Waals surface area contributed by atoms with Gasteiger partial charge in [0.2, 0.25) is 5.91 Å². The highest BCUT2D eigenvalue weighted by atomic mass is 32.1. The topological polar surface area (TPSA) is 74.2 Å². The van der Waals surface area contributed by atoms with Crippen LogP contribution < -0.4 is 10.6 Å². The molecular formula is C16H16F3N3O2S. The Morgan fingerprint density at radius 3 is 2.68 bits per heavy atom. The normalized spacial score (nSPS) is 20.6. The second-order valence-electron chi connectivity index (χ2n) is 5.79. The molecule has 0 unspecified atom stereocenters. The summed E-state index contributed by atoms with van der Waals surface area (Å²) in [6.07, 6.45) is -4.50. The molecule has 0 bridgehead atoms. The molecule has 0 spiro atoms. The molecule has 2 heterocycles. The molecule has 2 atom stereocenters. The van der Waals surface area contributed by atoms with Crippen molar-refractivity contribution in [3.63, 3.8) is 0 Å². The summed E-state index contributed by atoms with van der Waals surface area (Å²) in [5.74, 6) is -0.208. The highest BCUT2D eigenvalue weighted by Crippen LogP contribution is 2.31. The molecule has 3 rings (SSSR count). The molecule has 1 fully saturated rings. The molecule has 1 aliphatic heterocycles. The van der Waals surface area contributed by atoms with Crippen LogP contribution in [0.25, 0.3) is 10.6 Å². The predicted molar refractivity (Wildman–Crippen MR) is 86.8 cm³/mol. The van der Waals surface area contributed by atoms with Crippen LogP contribution in [0.15, 0.2) is 29.6 Å². The van der Waals surface area contributed by atoms with Gasteiger partial charge in [0.15, 0.2) is 0 Å². The first-order valence-electron chi connectivity index (χ1n) is 7.64. The number of hydrogen-bond acceptors (Lipinski definition) is 5. The third kappa shape index (κ3) is 4.36. The summed E-state index contributed by atoms with van der Waals surface area (Å²) in [4.78, 5) is 16.3. The van der Waals surface area contributed by atoms with Crippen molar-refractivity contribution in [1.29, 1.82) is 0 Å². The third-order valence-electron chi connectivity index (χ3n) is 3.88. The minimum atomic E-state index is -4.36. The van der Waals surface area contributed by atoms with Crippen LogP contribution in [0.2, 0.25) is 0 Å². The molecule has 1 saturated heterocycles. The van der Waals surface area contributed by atoms with Crippen molar-refractivity contribution >= 4 is 17.2 Å². The van der Waals surface area contributed by atoms with Gasteiger partial charge in [0.05, 0.1) is 29.9 Å². The van der Waals surface area contributed by atoms with Crippen molar-refractivity contribution in [3.8, 4) is 10.6 Å². The van der Waals surface area contributed by atoms with Crippen molar-refractivity contribution in [1.82, 2.24) is 15.6 Å². The van der Waals surface area contributed by atoms with E-state index in [0.717, 1.165) is 12.1 Å². The fraction of sp³-hybridized carbons (Fsp3) is 0.375. The SMILES string of the molecule is O=C(NCc1csc(-c2ccc(C(F)(F)F)cc2)n1)[C@@H]1C[C@H](O)CN1. The molecule has 1 amide bonds. The van der Waals surface area contributed by atoms with Crippen molar-refractivity contribution in [2.45, 2.75) is 31.3 Å². The molecule has 2 aromatic rings. The standard InChI is InChI=1S/C16H16F3N3O2S/c17-16(18,19)10-3-1-9(2-4-10)15-22-11(8-25-15)6-21-14(24)13-5-12(23)7-20-13/h1-4,8,12-13,20,23H,5-7H2,(H,21,24)/t12-,13-/m0/s1. The number of aliphatic hydroxyl groups excluding tert-OH is 1. The molecule has 3 N–H and O–H groups in total. The van der Waals surface area contributed by atoms with E-state index >= 15 is 0 Å². The Hall–Kier alpha value is -1.97. The number of hydrogen-bond donors (Lipinski definition) is 3. The van der Waals surface area contributed by atoms with Gasteiger partial charge in [0.1, 0.15) is 5.01 Å². The summed E-state index contributed by atoms with van der Waals surface area (Å²) in [6.45, 7) is 0.622. The van der Waals surface area contributed by atoms with Gasteiger partial charge in [0, 0.05) is 17.5 Å². The molecule has 5 nitrogen and oxygen atoms in total. The third-order valence-corrected chi connectivity index (χ3v) is 4.82. The van der Waals surface area contributed by atoms with Gasteiger partial charge < -0.3 is 15.7 Å². The zero-order chi connectivity index (χ0) is 18.0. The number of thiazole rings is 1. The zero-order valence-electron chi connectivity index (χ0n) is 13.0. The smallest absolute Gasteiger partial charge is 0.392 e. The first-order valence-corrected chi connectivity index (χ1v) is 8.52. The van der Waals surface area contributed by atoms with Crippen molar-refractivity contribution < 1.29 is 23.1 Å². The summed E-state index contributed by atoms with van der Waals surface area (Å²) in [6, 6.07) is 4.40. The van der Waals surface area contributed by atoms with Crippen LogP contribution in [0.3, 0.4) is 0 Å². The van der Waals surface area contributed by atoms with Crippen LogP contribution in [-0.2, 0) is 17.5 Å². The van der Waals surface area contributed by atoms with Crippen molar-refractivity contribution in [2.75, 3.05) is 6.54 Å². The molecule has 1 aliphatic rings. The minimum Gasteiger partial charge on any atom is -0.392 e. The van der Waals surface area contributed by atoms with Crippen molar-refractivity contribution in [3.05, 3.63) is 40.9 Å². The molecule has 134 valence electrons. The summed E-state index contributed by atoms with van der Waals surface area (Å²) in [7, 11) is 0. The van der Waals surface area contributed by atoms with E-state index in [4.69, 9.17) is 0 Å². The Balaban J connectivity index is 1.60. The Morgan fingerprint density at radius 2 is 2.08 bits per heavy atom. The molecule has 0 aliphatic carbocycles. The Bertz CT molecular complexity index is 746. The highest BCUT2D eigenvalue weighted by molar-refractivity contribution is 7.13. The number of halogens is 3. The van der Waals surface area contributed by atoms with Gasteiger partial charge in [-0.2, -0.15) is 13.2 Å². The number of rotatable bonds is 4. The Kier molecular flexibility index (Phi) is 5.07. The summed E-state index contributed by atoms with van der Waals surface area (Å²) in [5, 5.41) is 17.4. The second kappa shape index (κ2) is 7.11. The van der Waals surface area contributed by atoms with Crippen LogP contribution in [0, 0.1) is 0 Å². The molecular weight excluding hydrogens is 355 g/mol. The average molecular weight is 371 g/mol. The van der Waals surface area contributed by atoms with Gasteiger partial charge in [-0.1, -0.05) is 12.1 Å². The number of carbonyl (C=O) groups is 1. The first-order chi connectivity index (χ1) is 11.8. The number of aromatic nitrogens is 1. The Labute approximate surface area is 145 Å². The maximum Gasteiger partial charge on any atom is 0.416 e. The monoisotopic (exact) mass is 371 g/mol. The van der Waals surface area contributed by atoms with Crippen LogP contribution >= 0.6 is 11.3 Å². The molecule has 1 aromatic heterocycles. The van der Waals surface area contributed by atoms with E-state index in [9.17, 15) is 23.1 Å². The van der Waals surface area contributed by atoms with Gasteiger partial charge >= 0.3 is 6.18 Å². The minimum absolute atomic E-state index is 0.208. The molecule has 0 radical (unpaired) electrons. The van der Waals surface area contributed by atoms with Gasteiger partial charge in [-0.25, -0.2) is 4.98 Å². The van der Waals surface area contributed by atoms with Gasteiger partial charge in [-0.05, 0) is 18.6 Å². The summed E-state index contributed by atoms with van der Waals surface area (Å²) in [5.41, 5.74) is 0.523. The fourth-order valence-corrected chi connectivity index (χ4v) is 3.37. The van der Waals surface area contributed by atoms with Gasteiger partial charge in [-0.15, -0.1) is 11.3 Å². The number of amides is 1. The highest BCUT2D eigenvalue weighted by Gasteiger charge is 2.30. The number of nitrogens with zero attached hydrogens (tertiary/aromatic N) is 1. The van der Waals surface area contributed by atoms with E-state index in [2.05, 4.69) is 15.6 Å². The van der Waals surface area contributed by atoms with Crippen LogP contribution in [0.5, 0.6) is 0 Å². The van der Waals surface area contributed by atoms with E-state index in [-0.39, 0.29) is 12.5 Å². The predicted octanol–water partition coefficient (Wildman–Crippen LogP) is 2.17. The average Bonchev–Trinajstić information content (AvgIpc) is 3.21. The molecule has 25 heavy (non-hydrogen) atoms. The maximum atomic E-state index is 12.6. The van der Waals surface area contributed by atoms with Crippen LogP contribution in [0.1, 0.15) is 17.7 Å². The van der Waals surface area contributed by atoms with E-state index in [1.54, 1.807) is 5.38 Å². The number of alkyl halides is 3. The number of nitrogens with one attached hydrogen (secondary N) is 2. The molecule has 9 heteroatoms. The van der Waals surface area contributed by atoms with E-state index < -0.39 is 23.9 Å². The van der Waals surface area contributed by atoms with Crippen LogP contribution in [-0.4, -0.2) is 34.7 Å². The van der Waals surface area contributed by atoms with Gasteiger partial charge in [0.25, 0.3) is 0 Å². The maximum absolute atomic E-state index is 12.6. The number of carbonyl (C=O) groups excluding carboxylic acids is 1. The van der Waals surface area contributed by atoms with Crippen LogP contribution in [0.4, 0.5) is 13.2 Å². The lowest BCUT2D eigenvalue weighted by Crippen LogP contribution is -2.40. The quantitative estimate of drug-likeness (QED) is 0.770. The lowest BCUT2D eigenvalue weighted by atomic mass is 10.1. The lowest BCUT2D eigenvalue weighted by Gasteiger charge is -2.09. The second-order valence-corrected chi connectivity index (χ2v) is 6.65.